The number of carbonyl (C=O) groups is 2. The van der Waals surface area contributed by atoms with Crippen LogP contribution in [0.4, 0.5) is 0 Å². The number of halogens is 2. The third-order valence-corrected chi connectivity index (χ3v) is 7.43. The van der Waals surface area contributed by atoms with Gasteiger partial charge in [-0.2, -0.15) is 0 Å². The first kappa shape index (κ1) is 32.3. The number of ether oxygens (including phenoxy) is 2. The van der Waals surface area contributed by atoms with Gasteiger partial charge in [-0.1, -0.05) is 79.0 Å². The van der Waals surface area contributed by atoms with E-state index in [4.69, 9.17) is 32.7 Å². The van der Waals surface area contributed by atoms with Gasteiger partial charge in [0.1, 0.15) is 6.04 Å². The molecule has 0 saturated carbocycles. The molecule has 0 aromatic heterocycles. The second-order valence-electron chi connectivity index (χ2n) is 9.72. The van der Waals surface area contributed by atoms with Gasteiger partial charge >= 0.3 is 0 Å². The van der Waals surface area contributed by atoms with Crippen molar-refractivity contribution in [2.24, 2.45) is 0 Å². The number of hydrogen-bond acceptors (Lipinski definition) is 4. The Bertz CT molecular complexity index is 1250. The lowest BCUT2D eigenvalue weighted by Crippen LogP contribution is -2.50. The molecule has 0 spiro atoms. The summed E-state index contributed by atoms with van der Waals surface area (Å²) in [7, 11) is 0. The van der Waals surface area contributed by atoms with E-state index in [1.54, 1.807) is 23.1 Å². The van der Waals surface area contributed by atoms with Gasteiger partial charge in [0.15, 0.2) is 11.5 Å². The summed E-state index contributed by atoms with van der Waals surface area (Å²) in [4.78, 5) is 29.2. The molecule has 41 heavy (non-hydrogen) atoms. The molecule has 0 aliphatic heterocycles. The zero-order chi connectivity index (χ0) is 29.6. The van der Waals surface area contributed by atoms with Crippen LogP contribution >= 0.6 is 23.2 Å². The number of nitrogens with zero attached hydrogens (tertiary/aromatic N) is 1. The van der Waals surface area contributed by atoms with E-state index in [0.717, 1.165) is 24.0 Å². The molecule has 0 heterocycles. The molecule has 0 bridgehead atoms. The van der Waals surface area contributed by atoms with Gasteiger partial charge in [0.2, 0.25) is 11.8 Å². The number of nitrogens with one attached hydrogen (secondary N) is 1. The summed E-state index contributed by atoms with van der Waals surface area (Å²) in [5.74, 6) is 0.959. The van der Waals surface area contributed by atoms with E-state index in [2.05, 4.69) is 12.2 Å². The molecule has 2 amide bonds. The molecular formula is C33H40Cl2N2O4. The monoisotopic (exact) mass is 598 g/mol. The van der Waals surface area contributed by atoms with Crippen molar-refractivity contribution < 1.29 is 19.1 Å². The van der Waals surface area contributed by atoms with Crippen LogP contribution in [0.5, 0.6) is 11.5 Å². The first-order chi connectivity index (χ1) is 19.9. The van der Waals surface area contributed by atoms with Crippen molar-refractivity contribution in [1.29, 1.82) is 0 Å². The lowest BCUT2D eigenvalue weighted by molar-refractivity contribution is -0.141. The fourth-order valence-electron chi connectivity index (χ4n) is 4.56. The smallest absolute Gasteiger partial charge is 0.243 e. The predicted molar refractivity (Wildman–Crippen MR) is 166 cm³/mol. The third-order valence-electron chi connectivity index (χ3n) is 6.73. The average Bonchev–Trinajstić information content (AvgIpc) is 2.97. The molecule has 3 aromatic carbocycles. The second kappa shape index (κ2) is 16.9. The molecule has 3 rings (SSSR count). The van der Waals surface area contributed by atoms with Crippen LogP contribution in [0, 0.1) is 0 Å². The summed E-state index contributed by atoms with van der Waals surface area (Å²) < 4.78 is 11.5. The molecular weight excluding hydrogens is 559 g/mol. The van der Waals surface area contributed by atoms with E-state index in [0.29, 0.717) is 59.7 Å². The zero-order valence-corrected chi connectivity index (χ0v) is 25.6. The highest BCUT2D eigenvalue weighted by molar-refractivity contribution is 6.36. The average molecular weight is 600 g/mol. The van der Waals surface area contributed by atoms with Crippen LogP contribution in [-0.4, -0.2) is 42.5 Å². The van der Waals surface area contributed by atoms with Gasteiger partial charge < -0.3 is 19.7 Å². The maximum atomic E-state index is 14.0. The number of amides is 2. The minimum Gasteiger partial charge on any atom is -0.490 e. The second-order valence-corrected chi connectivity index (χ2v) is 10.5. The van der Waals surface area contributed by atoms with Crippen LogP contribution in [0.1, 0.15) is 56.7 Å². The van der Waals surface area contributed by atoms with Gasteiger partial charge in [-0.25, -0.2) is 0 Å². The van der Waals surface area contributed by atoms with E-state index in [1.165, 1.54) is 0 Å². The molecule has 0 saturated heterocycles. The van der Waals surface area contributed by atoms with Crippen molar-refractivity contribution in [1.82, 2.24) is 10.2 Å². The number of rotatable bonds is 16. The number of aryl methyl sites for hydroxylation is 1. The summed E-state index contributed by atoms with van der Waals surface area (Å²) in [6, 6.07) is 20.0. The summed E-state index contributed by atoms with van der Waals surface area (Å²) in [6.07, 6.45) is 2.83. The van der Waals surface area contributed by atoms with E-state index in [1.807, 2.05) is 62.4 Å². The lowest BCUT2D eigenvalue weighted by Gasteiger charge is -2.32. The Morgan fingerprint density at radius 2 is 1.54 bits per heavy atom. The highest BCUT2D eigenvalue weighted by atomic mass is 35.5. The maximum Gasteiger partial charge on any atom is 0.243 e. The number of benzene rings is 3. The SMILES string of the molecule is CCCCNC(=O)C(Cc1ccccc1)N(Cc1c(Cl)cccc1Cl)C(=O)CCc1ccc(OCC)c(OCC)c1. The van der Waals surface area contributed by atoms with Crippen LogP contribution < -0.4 is 14.8 Å². The van der Waals surface area contributed by atoms with Crippen molar-refractivity contribution in [3.8, 4) is 11.5 Å². The van der Waals surface area contributed by atoms with Crippen LogP contribution in [0.2, 0.25) is 10.0 Å². The Morgan fingerprint density at radius 3 is 2.20 bits per heavy atom. The van der Waals surface area contributed by atoms with E-state index in [-0.39, 0.29) is 24.8 Å². The number of hydrogen-bond donors (Lipinski definition) is 1. The van der Waals surface area contributed by atoms with Gasteiger partial charge in [-0.15, -0.1) is 0 Å². The van der Waals surface area contributed by atoms with Crippen molar-refractivity contribution in [3.05, 3.63) is 93.5 Å². The molecule has 0 fully saturated rings. The highest BCUT2D eigenvalue weighted by Crippen LogP contribution is 2.30. The normalized spacial score (nSPS) is 11.5. The summed E-state index contributed by atoms with van der Waals surface area (Å²) in [6.45, 7) is 7.60. The Hall–Kier alpha value is -3.22. The number of unbranched alkanes of at least 4 members (excludes halogenated alkanes) is 1. The predicted octanol–water partition coefficient (Wildman–Crippen LogP) is 7.28. The number of carbonyl (C=O) groups excluding carboxylic acids is 2. The molecule has 6 nitrogen and oxygen atoms in total. The van der Waals surface area contributed by atoms with Crippen molar-refractivity contribution in [2.45, 2.75) is 65.5 Å². The first-order valence-corrected chi connectivity index (χ1v) is 15.1. The molecule has 1 unspecified atom stereocenters. The summed E-state index contributed by atoms with van der Waals surface area (Å²) in [5, 5.41) is 3.94. The highest BCUT2D eigenvalue weighted by Gasteiger charge is 2.31. The Balaban J connectivity index is 1.93. The Labute approximate surface area is 253 Å². The minimum absolute atomic E-state index is 0.115. The fraction of sp³-hybridized carbons (Fsp3) is 0.394. The molecule has 3 aromatic rings. The van der Waals surface area contributed by atoms with E-state index < -0.39 is 6.04 Å². The standard InChI is InChI=1S/C33H40Cl2N2O4/c1-4-7-20-36-33(39)29(21-24-12-9-8-10-13-24)37(23-26-27(34)14-11-15-28(26)35)32(38)19-17-25-16-18-30(40-5-2)31(22-25)41-6-3/h8-16,18,22,29H,4-7,17,19-21,23H2,1-3H3,(H,36,39). The van der Waals surface area contributed by atoms with Crippen molar-refractivity contribution in [3.63, 3.8) is 0 Å². The quantitative estimate of drug-likeness (QED) is 0.176. The molecule has 1 atom stereocenters. The van der Waals surface area contributed by atoms with Crippen LogP contribution in [0.3, 0.4) is 0 Å². The topological polar surface area (TPSA) is 67.9 Å². The van der Waals surface area contributed by atoms with Gasteiger partial charge in [-0.3, -0.25) is 9.59 Å². The largest absolute Gasteiger partial charge is 0.490 e. The minimum atomic E-state index is -0.742. The van der Waals surface area contributed by atoms with Crippen LogP contribution in [0.25, 0.3) is 0 Å². The maximum absolute atomic E-state index is 14.0. The van der Waals surface area contributed by atoms with Crippen LogP contribution in [-0.2, 0) is 29.0 Å². The fourth-order valence-corrected chi connectivity index (χ4v) is 5.08. The van der Waals surface area contributed by atoms with Crippen LogP contribution in [0.15, 0.2) is 66.7 Å². The van der Waals surface area contributed by atoms with Gasteiger partial charge in [0.05, 0.1) is 13.2 Å². The molecule has 0 radical (unpaired) electrons. The molecule has 0 aliphatic rings. The molecule has 8 heteroatoms. The van der Waals surface area contributed by atoms with Gasteiger partial charge in [-0.05, 0) is 62.1 Å². The Kier molecular flexibility index (Phi) is 13.3. The van der Waals surface area contributed by atoms with Crippen molar-refractivity contribution in [2.75, 3.05) is 19.8 Å². The van der Waals surface area contributed by atoms with Gasteiger partial charge in [0.25, 0.3) is 0 Å². The molecule has 220 valence electrons. The van der Waals surface area contributed by atoms with E-state index >= 15 is 0 Å². The lowest BCUT2D eigenvalue weighted by atomic mass is 10.0. The Morgan fingerprint density at radius 1 is 0.854 bits per heavy atom. The molecule has 0 aliphatic carbocycles. The summed E-state index contributed by atoms with van der Waals surface area (Å²) >= 11 is 13.1. The van der Waals surface area contributed by atoms with Gasteiger partial charge in [0, 0.05) is 41.5 Å². The molecule has 1 N–H and O–H groups in total. The summed E-state index contributed by atoms with van der Waals surface area (Å²) in [5.41, 5.74) is 2.51. The van der Waals surface area contributed by atoms with Crippen molar-refractivity contribution >= 4 is 35.0 Å². The first-order valence-electron chi connectivity index (χ1n) is 14.3. The van der Waals surface area contributed by atoms with E-state index in [9.17, 15) is 9.59 Å². The third kappa shape index (κ3) is 9.68. The zero-order valence-electron chi connectivity index (χ0n) is 24.1.